The fourth-order valence-corrected chi connectivity index (χ4v) is 1.35. The first kappa shape index (κ1) is 11.0. The smallest absolute Gasteiger partial charge is 0.157 e. The van der Waals surface area contributed by atoms with Crippen molar-refractivity contribution >= 4 is 0 Å². The maximum atomic E-state index is 5.54. The van der Waals surface area contributed by atoms with E-state index < -0.39 is 0 Å². The van der Waals surface area contributed by atoms with E-state index in [-0.39, 0.29) is 11.7 Å². The average Bonchev–Trinajstić information content (AvgIpc) is 2.16. The molecule has 0 saturated carbocycles. The predicted molar refractivity (Wildman–Crippen MR) is 50.6 cm³/mol. The van der Waals surface area contributed by atoms with Crippen LogP contribution in [-0.4, -0.2) is 32.7 Å². The minimum Gasteiger partial charge on any atom is -0.381 e. The SMILES string of the molecule is CCOCC1(C)COC(CC)OC1. The molecule has 78 valence electrons. The molecule has 0 aromatic rings. The van der Waals surface area contributed by atoms with Crippen LogP contribution in [0.1, 0.15) is 27.2 Å². The van der Waals surface area contributed by atoms with Crippen LogP contribution in [0, 0.1) is 5.41 Å². The molecule has 0 unspecified atom stereocenters. The Morgan fingerprint density at radius 1 is 1.31 bits per heavy atom. The lowest BCUT2D eigenvalue weighted by Gasteiger charge is -2.36. The first-order valence-corrected chi connectivity index (χ1v) is 5.01. The second-order valence-electron chi connectivity index (χ2n) is 3.91. The van der Waals surface area contributed by atoms with Gasteiger partial charge in [-0.1, -0.05) is 13.8 Å². The summed E-state index contributed by atoms with van der Waals surface area (Å²) >= 11 is 0. The number of hydrogen-bond donors (Lipinski definition) is 0. The van der Waals surface area contributed by atoms with E-state index in [0.717, 1.165) is 32.8 Å². The van der Waals surface area contributed by atoms with Gasteiger partial charge in [0.05, 0.1) is 19.8 Å². The van der Waals surface area contributed by atoms with E-state index >= 15 is 0 Å². The molecule has 0 amide bonds. The first-order chi connectivity index (χ1) is 6.20. The van der Waals surface area contributed by atoms with Gasteiger partial charge >= 0.3 is 0 Å². The molecule has 13 heavy (non-hydrogen) atoms. The molecule has 0 N–H and O–H groups in total. The summed E-state index contributed by atoms with van der Waals surface area (Å²) < 4.78 is 16.5. The summed E-state index contributed by atoms with van der Waals surface area (Å²) in [5, 5.41) is 0. The molecule has 1 saturated heterocycles. The highest BCUT2D eigenvalue weighted by atomic mass is 16.7. The van der Waals surface area contributed by atoms with Crippen molar-refractivity contribution in [3.8, 4) is 0 Å². The van der Waals surface area contributed by atoms with E-state index in [4.69, 9.17) is 14.2 Å². The lowest BCUT2D eigenvalue weighted by atomic mass is 9.93. The van der Waals surface area contributed by atoms with E-state index in [2.05, 4.69) is 13.8 Å². The number of hydrogen-bond acceptors (Lipinski definition) is 3. The van der Waals surface area contributed by atoms with Crippen LogP contribution in [0.15, 0.2) is 0 Å². The van der Waals surface area contributed by atoms with Gasteiger partial charge in [0.1, 0.15) is 0 Å². The Morgan fingerprint density at radius 3 is 2.38 bits per heavy atom. The summed E-state index contributed by atoms with van der Waals surface area (Å²) in [6.07, 6.45) is 0.916. The summed E-state index contributed by atoms with van der Waals surface area (Å²) in [5.74, 6) is 0. The van der Waals surface area contributed by atoms with E-state index in [9.17, 15) is 0 Å². The van der Waals surface area contributed by atoms with Crippen LogP contribution in [0.2, 0.25) is 0 Å². The highest BCUT2D eigenvalue weighted by Crippen LogP contribution is 2.25. The van der Waals surface area contributed by atoms with Gasteiger partial charge in [-0.2, -0.15) is 0 Å². The Labute approximate surface area is 80.4 Å². The summed E-state index contributed by atoms with van der Waals surface area (Å²) in [6, 6.07) is 0. The van der Waals surface area contributed by atoms with Crippen LogP contribution < -0.4 is 0 Å². The largest absolute Gasteiger partial charge is 0.381 e. The molecule has 0 radical (unpaired) electrons. The van der Waals surface area contributed by atoms with Gasteiger partial charge < -0.3 is 14.2 Å². The van der Waals surface area contributed by atoms with Crippen LogP contribution in [0.25, 0.3) is 0 Å². The zero-order valence-corrected chi connectivity index (χ0v) is 8.84. The maximum absolute atomic E-state index is 5.54. The van der Waals surface area contributed by atoms with Crippen LogP contribution >= 0.6 is 0 Å². The molecule has 1 heterocycles. The lowest BCUT2D eigenvalue weighted by molar-refractivity contribution is -0.235. The quantitative estimate of drug-likeness (QED) is 0.673. The molecule has 0 aliphatic carbocycles. The minimum absolute atomic E-state index is 0.00491. The monoisotopic (exact) mass is 188 g/mol. The Morgan fingerprint density at radius 2 is 1.92 bits per heavy atom. The third-order valence-corrected chi connectivity index (χ3v) is 2.22. The normalized spacial score (nSPS) is 34.8. The molecule has 0 aromatic heterocycles. The second kappa shape index (κ2) is 4.94. The van der Waals surface area contributed by atoms with Crippen LogP contribution in [0.4, 0.5) is 0 Å². The van der Waals surface area contributed by atoms with Crippen molar-refractivity contribution in [1.29, 1.82) is 0 Å². The Kier molecular flexibility index (Phi) is 4.16. The summed E-state index contributed by atoms with van der Waals surface area (Å²) in [4.78, 5) is 0. The van der Waals surface area contributed by atoms with Crippen LogP contribution in [-0.2, 0) is 14.2 Å². The lowest BCUT2D eigenvalue weighted by Crippen LogP contribution is -2.42. The van der Waals surface area contributed by atoms with E-state index in [1.165, 1.54) is 0 Å². The highest BCUT2D eigenvalue weighted by Gasteiger charge is 2.32. The second-order valence-corrected chi connectivity index (χ2v) is 3.91. The third kappa shape index (κ3) is 3.25. The van der Waals surface area contributed by atoms with Gasteiger partial charge in [0, 0.05) is 12.0 Å². The first-order valence-electron chi connectivity index (χ1n) is 5.01. The predicted octanol–water partition coefficient (Wildman–Crippen LogP) is 1.81. The fourth-order valence-electron chi connectivity index (χ4n) is 1.35. The molecule has 1 aliphatic heterocycles. The van der Waals surface area contributed by atoms with Gasteiger partial charge in [0.15, 0.2) is 6.29 Å². The van der Waals surface area contributed by atoms with Gasteiger partial charge in [-0.3, -0.25) is 0 Å². The molecule has 1 aliphatic rings. The molecule has 3 nitrogen and oxygen atoms in total. The molecule has 1 fully saturated rings. The number of rotatable bonds is 4. The molecule has 3 heteroatoms. The molecule has 0 bridgehead atoms. The van der Waals surface area contributed by atoms with Gasteiger partial charge in [-0.25, -0.2) is 0 Å². The molecule has 0 atom stereocenters. The van der Waals surface area contributed by atoms with Crippen molar-refractivity contribution in [1.82, 2.24) is 0 Å². The van der Waals surface area contributed by atoms with E-state index in [1.54, 1.807) is 0 Å². The average molecular weight is 188 g/mol. The molecular weight excluding hydrogens is 168 g/mol. The van der Waals surface area contributed by atoms with Crippen molar-refractivity contribution in [2.45, 2.75) is 33.5 Å². The van der Waals surface area contributed by atoms with Crippen molar-refractivity contribution in [2.75, 3.05) is 26.4 Å². The Bertz CT molecular complexity index is 139. The topological polar surface area (TPSA) is 27.7 Å². The summed E-state index contributed by atoms with van der Waals surface area (Å²) in [5.41, 5.74) is 0.0433. The molecule has 1 rings (SSSR count). The van der Waals surface area contributed by atoms with Crippen molar-refractivity contribution in [3.05, 3.63) is 0 Å². The van der Waals surface area contributed by atoms with E-state index in [1.807, 2.05) is 6.92 Å². The molecular formula is C10H20O3. The van der Waals surface area contributed by atoms with Gasteiger partial charge in [0.2, 0.25) is 0 Å². The van der Waals surface area contributed by atoms with Crippen molar-refractivity contribution < 1.29 is 14.2 Å². The standard InChI is InChI=1S/C10H20O3/c1-4-9-12-7-10(3,8-13-9)6-11-5-2/h9H,4-8H2,1-3H3. The Balaban J connectivity index is 2.28. The van der Waals surface area contributed by atoms with Crippen LogP contribution in [0.5, 0.6) is 0 Å². The highest BCUT2D eigenvalue weighted by molar-refractivity contribution is 4.76. The third-order valence-electron chi connectivity index (χ3n) is 2.22. The van der Waals surface area contributed by atoms with Crippen molar-refractivity contribution in [3.63, 3.8) is 0 Å². The van der Waals surface area contributed by atoms with Gasteiger partial charge in [0.25, 0.3) is 0 Å². The zero-order valence-electron chi connectivity index (χ0n) is 8.84. The number of ether oxygens (including phenoxy) is 3. The van der Waals surface area contributed by atoms with E-state index in [0.29, 0.717) is 0 Å². The van der Waals surface area contributed by atoms with Crippen LogP contribution in [0.3, 0.4) is 0 Å². The summed E-state index contributed by atoms with van der Waals surface area (Å²) in [7, 11) is 0. The van der Waals surface area contributed by atoms with Gasteiger partial charge in [-0.05, 0) is 13.3 Å². The maximum Gasteiger partial charge on any atom is 0.157 e. The van der Waals surface area contributed by atoms with Gasteiger partial charge in [-0.15, -0.1) is 0 Å². The zero-order chi connectivity index (χ0) is 9.73. The minimum atomic E-state index is -0.00491. The molecule has 0 aromatic carbocycles. The Hall–Kier alpha value is -0.120. The molecule has 0 spiro atoms. The van der Waals surface area contributed by atoms with Crippen molar-refractivity contribution in [2.24, 2.45) is 5.41 Å². The summed E-state index contributed by atoms with van der Waals surface area (Å²) in [6.45, 7) is 9.16. The fraction of sp³-hybridized carbons (Fsp3) is 1.00.